The molecule has 2 aromatic rings. The van der Waals surface area contributed by atoms with E-state index in [1.54, 1.807) is 41.9 Å². The minimum Gasteiger partial charge on any atom is -0.497 e. The van der Waals surface area contributed by atoms with Crippen molar-refractivity contribution in [3.8, 4) is 23.0 Å². The van der Waals surface area contributed by atoms with Crippen molar-refractivity contribution in [2.75, 3.05) is 68.2 Å². The van der Waals surface area contributed by atoms with Crippen LogP contribution in [-0.4, -0.2) is 168 Å². The first-order valence-corrected chi connectivity index (χ1v) is 27.3. The molecule has 0 amide bonds. The maximum Gasteiger partial charge on any atom is 0.339 e. The molecule has 0 bridgehead atoms. The van der Waals surface area contributed by atoms with Crippen LogP contribution in [0.3, 0.4) is 0 Å². The van der Waals surface area contributed by atoms with Crippen molar-refractivity contribution in [1.29, 1.82) is 0 Å². The number of benzene rings is 2. The molecule has 2 fully saturated rings. The number of rotatable bonds is 18. The van der Waals surface area contributed by atoms with Crippen LogP contribution in [0.25, 0.3) is 0 Å². The Morgan fingerprint density at radius 2 is 0.936 bits per heavy atom. The van der Waals surface area contributed by atoms with Crippen LogP contribution in [0.4, 0.5) is 0 Å². The average Bonchev–Trinajstić information content (AvgIpc) is 4.29. The van der Waals surface area contributed by atoms with Crippen LogP contribution >= 0.6 is 0 Å². The predicted molar refractivity (Wildman–Crippen MR) is 279 cm³/mol. The number of aliphatic hydroxyl groups is 4. The van der Waals surface area contributed by atoms with Crippen molar-refractivity contribution in [1.82, 2.24) is 9.80 Å². The minimum absolute atomic E-state index is 0.0686. The van der Waals surface area contributed by atoms with Gasteiger partial charge in [0.2, 0.25) is 13.6 Å². The summed E-state index contributed by atoms with van der Waals surface area (Å²) in [6.07, 6.45) is 7.88. The normalized spacial score (nSPS) is 27.0. The molecule has 78 heavy (non-hydrogen) atoms. The average molecular weight is 1090 g/mol. The van der Waals surface area contributed by atoms with E-state index in [2.05, 4.69) is 22.0 Å². The van der Waals surface area contributed by atoms with Gasteiger partial charge in [0.15, 0.2) is 46.4 Å². The molecule has 10 rings (SSSR count). The summed E-state index contributed by atoms with van der Waals surface area (Å²) in [4.78, 5) is 56.8. The van der Waals surface area contributed by atoms with Crippen LogP contribution in [0.2, 0.25) is 0 Å². The van der Waals surface area contributed by atoms with Crippen molar-refractivity contribution in [2.24, 2.45) is 0 Å². The zero-order valence-electron chi connectivity index (χ0n) is 46.3. The number of methoxy groups -OCH3 is 4. The van der Waals surface area contributed by atoms with Gasteiger partial charge in [0.05, 0.1) is 75.4 Å². The molecule has 0 saturated carbocycles. The second kappa shape index (κ2) is 22.1. The highest BCUT2D eigenvalue weighted by Crippen LogP contribution is 2.58. The maximum absolute atomic E-state index is 13.8. The van der Waals surface area contributed by atoms with Gasteiger partial charge >= 0.3 is 23.9 Å². The maximum atomic E-state index is 13.8. The fourth-order valence-electron chi connectivity index (χ4n) is 13.4. The van der Waals surface area contributed by atoms with Crippen LogP contribution < -0.4 is 18.9 Å². The first-order valence-electron chi connectivity index (χ1n) is 27.3. The minimum atomic E-state index is -2.12. The van der Waals surface area contributed by atoms with Crippen LogP contribution in [0, 0.1) is 0 Å². The van der Waals surface area contributed by atoms with Gasteiger partial charge in [-0.25, -0.2) is 9.59 Å². The van der Waals surface area contributed by atoms with Gasteiger partial charge in [0, 0.05) is 13.1 Å². The van der Waals surface area contributed by atoms with E-state index in [0.717, 1.165) is 87.0 Å². The van der Waals surface area contributed by atoms with Crippen LogP contribution in [0.5, 0.6) is 23.0 Å². The number of carbonyl (C=O) groups is 4. The first kappa shape index (κ1) is 57.1. The Kier molecular flexibility index (Phi) is 16.2. The summed E-state index contributed by atoms with van der Waals surface area (Å²) >= 11 is 0. The van der Waals surface area contributed by atoms with E-state index in [0.29, 0.717) is 60.2 Å². The van der Waals surface area contributed by atoms with Crippen molar-refractivity contribution in [2.45, 2.75) is 175 Å². The van der Waals surface area contributed by atoms with Gasteiger partial charge in [0.1, 0.15) is 11.5 Å². The second-order valence-electron chi connectivity index (χ2n) is 23.5. The number of fused-ring (bicyclic) bond motifs is 6. The van der Waals surface area contributed by atoms with Gasteiger partial charge in [-0.15, -0.1) is 0 Å². The fraction of sp³-hybridized carbons (Fsp3) is 0.655. The van der Waals surface area contributed by atoms with Gasteiger partial charge < -0.3 is 67.8 Å². The van der Waals surface area contributed by atoms with Crippen molar-refractivity contribution in [3.05, 3.63) is 70.2 Å². The van der Waals surface area contributed by atoms with Gasteiger partial charge in [-0.05, 0) is 177 Å². The largest absolute Gasteiger partial charge is 0.497 e. The molecule has 3 unspecified atom stereocenters. The highest BCUT2D eigenvalue weighted by molar-refractivity contribution is 5.87. The molecule has 20 heteroatoms. The van der Waals surface area contributed by atoms with Gasteiger partial charge in [-0.2, -0.15) is 0 Å². The van der Waals surface area contributed by atoms with Gasteiger partial charge in [-0.3, -0.25) is 19.4 Å². The van der Waals surface area contributed by atoms with Crippen molar-refractivity contribution >= 4 is 23.9 Å². The van der Waals surface area contributed by atoms with E-state index < -0.39 is 82.4 Å². The topological polar surface area (TPSA) is 248 Å². The Morgan fingerprint density at radius 1 is 0.564 bits per heavy atom. The van der Waals surface area contributed by atoms with Crippen LogP contribution in [-0.2, 0) is 60.4 Å². The zero-order valence-corrected chi connectivity index (χ0v) is 46.3. The standard InChI is InChI=1S/2C29H39NO9/c2*1-27(2,33)8-5-10-29(34,16-23(31)36-4)26(32)39-25-22(35-3)15-28-9-6-11-30(28)12-7-18-13-20-21(38-17-37-20)14-19(18)24(25)28/h2*13-15,24-25,33-34H,5-12,16-17H2,1-4H3/t24-,25?,28+,29?;24-,25?,28+,29+/m11/s1. The molecule has 2 aromatic carbocycles. The first-order chi connectivity index (χ1) is 37.0. The molecule has 0 aromatic heterocycles. The Bertz CT molecular complexity index is 2500. The smallest absolute Gasteiger partial charge is 0.339 e. The molecule has 6 heterocycles. The summed E-state index contributed by atoms with van der Waals surface area (Å²) in [5.41, 5.74) is -2.85. The van der Waals surface area contributed by atoms with Crippen LogP contribution in [0.1, 0.15) is 139 Å². The molecule has 2 saturated heterocycles. The molecule has 2 spiro atoms. The molecule has 20 nitrogen and oxygen atoms in total. The van der Waals surface area contributed by atoms with E-state index in [-0.39, 0.29) is 38.3 Å². The molecule has 6 aliphatic heterocycles. The number of hydrogen-bond acceptors (Lipinski definition) is 20. The summed E-state index contributed by atoms with van der Waals surface area (Å²) < 4.78 is 56.2. The Hall–Kier alpha value is -5.64. The van der Waals surface area contributed by atoms with E-state index in [1.807, 2.05) is 24.3 Å². The van der Waals surface area contributed by atoms with E-state index in [1.165, 1.54) is 14.2 Å². The molecule has 8 atom stereocenters. The lowest BCUT2D eigenvalue weighted by molar-refractivity contribution is -0.178. The van der Waals surface area contributed by atoms with E-state index in [4.69, 9.17) is 47.4 Å². The zero-order chi connectivity index (χ0) is 56.0. The molecular formula is C58H78N2O18. The summed E-state index contributed by atoms with van der Waals surface area (Å²) in [5.74, 6) is -0.129. The number of nitrogens with zero attached hydrogens (tertiary/aromatic N) is 2. The summed E-state index contributed by atoms with van der Waals surface area (Å²) in [5, 5.41) is 43.3. The monoisotopic (exact) mass is 1090 g/mol. The molecule has 2 aliphatic carbocycles. The summed E-state index contributed by atoms with van der Waals surface area (Å²) in [7, 11) is 5.52. The fourth-order valence-corrected chi connectivity index (χ4v) is 13.4. The lowest BCUT2D eigenvalue weighted by Crippen LogP contribution is -2.49. The third-order valence-corrected chi connectivity index (χ3v) is 17.2. The van der Waals surface area contributed by atoms with Crippen molar-refractivity contribution < 1.29 is 87.0 Å². The second-order valence-corrected chi connectivity index (χ2v) is 23.5. The summed E-state index contributed by atoms with van der Waals surface area (Å²) in [6, 6.07) is 8.01. The van der Waals surface area contributed by atoms with E-state index in [9.17, 15) is 39.6 Å². The Morgan fingerprint density at radius 3 is 1.28 bits per heavy atom. The number of hydrogen-bond donors (Lipinski definition) is 4. The SMILES string of the molecule is COC(=O)CC(O)(CCCC(C)(C)O)C(=O)OC1C(OC)=C[C@]23CCCN2CCc2cc4c(cc2[C@H]13)OCO4.COC(=O)C[C@@](O)(CCCC(C)(C)O)C(=O)OC1C(OC)=C[C@]23CCCN2CCc2cc4c(cc2[C@H]13)OCO4. The van der Waals surface area contributed by atoms with Gasteiger partial charge in [0.25, 0.3) is 0 Å². The molecule has 428 valence electrons. The summed E-state index contributed by atoms with van der Waals surface area (Å²) in [6.45, 7) is 10.4. The molecule has 0 radical (unpaired) electrons. The predicted octanol–water partition coefficient (Wildman–Crippen LogP) is 5.16. The van der Waals surface area contributed by atoms with E-state index >= 15 is 0 Å². The highest BCUT2D eigenvalue weighted by atomic mass is 16.7. The van der Waals surface area contributed by atoms with Crippen LogP contribution in [0.15, 0.2) is 47.9 Å². The highest BCUT2D eigenvalue weighted by Gasteiger charge is 2.61. The third kappa shape index (κ3) is 11.1. The van der Waals surface area contributed by atoms with Crippen molar-refractivity contribution in [3.63, 3.8) is 0 Å². The lowest BCUT2D eigenvalue weighted by Gasteiger charge is -2.39. The third-order valence-electron chi connectivity index (χ3n) is 17.2. The van der Waals surface area contributed by atoms with Gasteiger partial charge in [-0.1, -0.05) is 0 Å². The number of esters is 4. The molecular weight excluding hydrogens is 1010 g/mol. The Labute approximate surface area is 455 Å². The molecule has 4 N–H and O–H groups in total. The lowest BCUT2D eigenvalue weighted by atomic mass is 9.77. The molecule has 8 aliphatic rings. The number of carbonyl (C=O) groups excluding carboxylic acids is 4. The Balaban J connectivity index is 0.000000190. The quantitative estimate of drug-likeness (QED) is 0.111. The number of ether oxygens (including phenoxy) is 10.